The van der Waals surface area contributed by atoms with Gasteiger partial charge in [0.05, 0.1) is 5.69 Å². The van der Waals surface area contributed by atoms with Gasteiger partial charge >= 0.3 is 0 Å². The van der Waals surface area contributed by atoms with Crippen molar-refractivity contribution in [2.24, 2.45) is 0 Å². The van der Waals surface area contributed by atoms with Gasteiger partial charge in [0.25, 0.3) is 0 Å². The van der Waals surface area contributed by atoms with Crippen LogP contribution in [-0.2, 0) is 2.14 Å². The molecule has 108 valence electrons. The van der Waals surface area contributed by atoms with Crippen LogP contribution in [0.2, 0.25) is 0 Å². The molecule has 0 aliphatic rings. The van der Waals surface area contributed by atoms with E-state index in [-0.39, 0.29) is 11.8 Å². The zero-order chi connectivity index (χ0) is 15.1. The third-order valence-electron chi connectivity index (χ3n) is 3.09. The summed E-state index contributed by atoms with van der Waals surface area (Å²) in [4.78, 5) is 0. The minimum Gasteiger partial charge on any atom is -0.504 e. The van der Waals surface area contributed by atoms with Crippen molar-refractivity contribution in [2.45, 2.75) is 29.0 Å². The van der Waals surface area contributed by atoms with Crippen LogP contribution in [0.4, 0.5) is 0 Å². The number of rotatable bonds is 2. The van der Waals surface area contributed by atoms with E-state index in [1.54, 1.807) is 0 Å². The fraction of sp³-hybridized carbons (Fsp3) is 0.357. The summed E-state index contributed by atoms with van der Waals surface area (Å²) in [6.07, 6.45) is 0. The molecule has 0 bridgehead atoms. The first kappa shape index (κ1) is 16.0. The van der Waals surface area contributed by atoms with Crippen LogP contribution in [0.15, 0.2) is 24.3 Å². The molecular formula is C14H15Br3N2O. The van der Waals surface area contributed by atoms with Gasteiger partial charge in [-0.1, -0.05) is 72.1 Å². The minimum absolute atomic E-state index is 0.217. The van der Waals surface area contributed by atoms with Gasteiger partial charge in [0.1, 0.15) is 5.69 Å². The Balaban J connectivity index is 2.45. The van der Waals surface area contributed by atoms with Crippen LogP contribution in [0.3, 0.4) is 0 Å². The van der Waals surface area contributed by atoms with Gasteiger partial charge in [-0.2, -0.15) is 5.10 Å². The summed E-state index contributed by atoms with van der Waals surface area (Å²) in [5.41, 5.74) is 3.33. The average molecular weight is 467 g/mol. The van der Waals surface area contributed by atoms with Crippen LogP contribution in [0.1, 0.15) is 31.1 Å². The Labute approximate surface area is 143 Å². The van der Waals surface area contributed by atoms with Gasteiger partial charge in [0.15, 0.2) is 7.89 Å². The molecule has 20 heavy (non-hydrogen) atoms. The van der Waals surface area contributed by atoms with E-state index in [4.69, 9.17) is 0 Å². The van der Waals surface area contributed by atoms with Crippen LogP contribution in [0, 0.1) is 6.92 Å². The molecule has 0 aliphatic heterocycles. The van der Waals surface area contributed by atoms with Gasteiger partial charge < -0.3 is 5.11 Å². The molecular weight excluding hydrogens is 452 g/mol. The van der Waals surface area contributed by atoms with Gasteiger partial charge in [-0.15, -0.1) is 0 Å². The fourth-order valence-electron chi connectivity index (χ4n) is 2.02. The summed E-state index contributed by atoms with van der Waals surface area (Å²) < 4.78 is 1.41. The highest BCUT2D eigenvalue weighted by atomic mass is 80.0. The monoisotopic (exact) mass is 464 g/mol. The predicted octanol–water partition coefficient (Wildman–Crippen LogP) is 5.44. The van der Waals surface area contributed by atoms with E-state index < -0.39 is 2.14 Å². The minimum atomic E-state index is -0.430. The van der Waals surface area contributed by atoms with E-state index in [2.05, 4.69) is 52.9 Å². The van der Waals surface area contributed by atoms with Crippen molar-refractivity contribution in [3.8, 4) is 17.0 Å². The maximum Gasteiger partial charge on any atom is 0.164 e. The van der Waals surface area contributed by atoms with Gasteiger partial charge in [-0.25, -0.2) is 0 Å². The van der Waals surface area contributed by atoms with Gasteiger partial charge in [0, 0.05) is 11.6 Å². The van der Waals surface area contributed by atoms with Crippen LogP contribution in [0.25, 0.3) is 11.3 Å². The first-order chi connectivity index (χ1) is 9.21. The first-order valence-corrected chi connectivity index (χ1v) is 8.55. The molecule has 0 atom stereocenters. The molecule has 0 aliphatic carbocycles. The summed E-state index contributed by atoms with van der Waals surface area (Å²) in [7, 11) is 0. The Morgan fingerprint density at radius 1 is 1.15 bits per heavy atom. The molecule has 0 fully saturated rings. The number of hydrogen-bond acceptors (Lipinski definition) is 2. The third kappa shape index (κ3) is 3.12. The van der Waals surface area contributed by atoms with Crippen molar-refractivity contribution in [1.82, 2.24) is 9.78 Å². The Bertz CT molecular complexity index is 613. The number of hydrogen-bond donors (Lipinski definition) is 1. The maximum atomic E-state index is 10.2. The second kappa shape index (κ2) is 5.81. The maximum absolute atomic E-state index is 10.2. The zero-order valence-electron chi connectivity index (χ0n) is 11.4. The van der Waals surface area contributed by atoms with Crippen LogP contribution < -0.4 is 0 Å². The number of alkyl halides is 3. The Hall–Kier alpha value is -0.330. The number of aromatic nitrogens is 2. The Kier molecular flexibility index (Phi) is 4.66. The van der Waals surface area contributed by atoms with Gasteiger partial charge in [-0.05, 0) is 26.3 Å². The molecule has 0 amide bonds. The molecule has 0 spiro atoms. The number of benzene rings is 1. The van der Waals surface area contributed by atoms with E-state index in [1.807, 2.05) is 49.7 Å². The van der Waals surface area contributed by atoms with Crippen molar-refractivity contribution in [3.05, 3.63) is 35.5 Å². The van der Waals surface area contributed by atoms with Crippen LogP contribution in [-0.4, -0.2) is 14.9 Å². The van der Waals surface area contributed by atoms with Crippen LogP contribution >= 0.6 is 47.8 Å². The number of halogens is 3. The lowest BCUT2D eigenvalue weighted by atomic mass is 10.1. The lowest BCUT2D eigenvalue weighted by molar-refractivity contribution is 0.461. The molecule has 1 heterocycles. The molecule has 0 saturated heterocycles. The van der Waals surface area contributed by atoms with E-state index >= 15 is 0 Å². The second-order valence-electron chi connectivity index (χ2n) is 4.90. The quantitative estimate of drug-likeness (QED) is 0.598. The Morgan fingerprint density at radius 3 is 2.10 bits per heavy atom. The summed E-state index contributed by atoms with van der Waals surface area (Å²) in [5.74, 6) is 0.245. The molecule has 1 aromatic carbocycles. The summed E-state index contributed by atoms with van der Waals surface area (Å²) >= 11 is 10.4. The topological polar surface area (TPSA) is 38.1 Å². The SMILES string of the molecule is Cc1c(O)c(-c2ccc(C(Br)(Br)Br)cc2)nn1C(C)C. The molecule has 3 nitrogen and oxygen atoms in total. The van der Waals surface area contributed by atoms with E-state index in [0.29, 0.717) is 5.69 Å². The molecule has 1 aromatic heterocycles. The van der Waals surface area contributed by atoms with Crippen LogP contribution in [0.5, 0.6) is 5.75 Å². The lowest BCUT2D eigenvalue weighted by Crippen LogP contribution is -2.04. The highest BCUT2D eigenvalue weighted by molar-refractivity contribution is 9.38. The molecule has 1 N–H and O–H groups in total. The normalized spacial score (nSPS) is 12.2. The van der Waals surface area contributed by atoms with Crippen molar-refractivity contribution >= 4 is 47.8 Å². The molecule has 0 saturated carbocycles. The van der Waals surface area contributed by atoms with Gasteiger partial charge in [0.2, 0.25) is 0 Å². The van der Waals surface area contributed by atoms with E-state index in [1.165, 1.54) is 0 Å². The highest BCUT2D eigenvalue weighted by Gasteiger charge is 2.21. The number of aromatic hydroxyl groups is 1. The highest BCUT2D eigenvalue weighted by Crippen LogP contribution is 2.44. The van der Waals surface area contributed by atoms with Gasteiger partial charge in [-0.3, -0.25) is 4.68 Å². The predicted molar refractivity (Wildman–Crippen MR) is 92.9 cm³/mol. The average Bonchev–Trinajstić information content (AvgIpc) is 2.66. The summed E-state index contributed by atoms with van der Waals surface area (Å²) in [5, 5.41) is 14.7. The number of nitrogens with zero attached hydrogens (tertiary/aromatic N) is 2. The summed E-state index contributed by atoms with van der Waals surface area (Å²) in [6, 6.07) is 8.04. The molecule has 0 unspecified atom stereocenters. The second-order valence-corrected chi connectivity index (χ2v) is 11.7. The van der Waals surface area contributed by atoms with E-state index in [0.717, 1.165) is 16.8 Å². The smallest absolute Gasteiger partial charge is 0.164 e. The zero-order valence-corrected chi connectivity index (χ0v) is 16.1. The lowest BCUT2D eigenvalue weighted by Gasteiger charge is -2.12. The van der Waals surface area contributed by atoms with Crippen molar-refractivity contribution in [3.63, 3.8) is 0 Å². The fourth-order valence-corrected chi connectivity index (χ4v) is 2.82. The standard InChI is InChI=1S/C14H15Br3N2O/c1-8(2)19-9(3)13(20)12(18-19)10-4-6-11(7-5-10)14(15,16)17/h4-8,20H,1-3H3. The largest absolute Gasteiger partial charge is 0.504 e. The van der Waals surface area contributed by atoms with Crippen molar-refractivity contribution in [1.29, 1.82) is 0 Å². The van der Waals surface area contributed by atoms with Crippen molar-refractivity contribution < 1.29 is 5.11 Å². The molecule has 0 radical (unpaired) electrons. The first-order valence-electron chi connectivity index (χ1n) is 6.17. The molecule has 6 heteroatoms. The van der Waals surface area contributed by atoms with E-state index in [9.17, 15) is 5.11 Å². The molecule has 2 rings (SSSR count). The third-order valence-corrected chi connectivity index (χ3v) is 4.47. The Morgan fingerprint density at radius 2 is 1.70 bits per heavy atom. The molecule has 2 aromatic rings. The van der Waals surface area contributed by atoms with Crippen molar-refractivity contribution in [2.75, 3.05) is 0 Å². The summed E-state index contributed by atoms with van der Waals surface area (Å²) in [6.45, 7) is 5.96.